The third-order valence-corrected chi connectivity index (χ3v) is 5.55. The molecule has 7 heteroatoms. The number of likely N-dealkylation sites (tertiary alicyclic amines) is 1. The molecule has 144 valence electrons. The number of aryl methyl sites for hydroxylation is 1. The van der Waals surface area contributed by atoms with Crippen LogP contribution >= 0.6 is 11.8 Å². The number of benzene rings is 1. The molecular weight excluding hydrogens is 362 g/mol. The number of amides is 2. The molecule has 0 unspecified atom stereocenters. The Morgan fingerprint density at radius 1 is 1.30 bits per heavy atom. The molecule has 1 N–H and O–H groups in total. The Labute approximate surface area is 163 Å². The SMILES string of the molecule is CCOC(=O)N1CCC(NC(=O)CSc2cc(C)c3ccccc3n2)CC1. The van der Waals surface area contributed by atoms with Crippen LogP contribution in [0.5, 0.6) is 0 Å². The van der Waals surface area contributed by atoms with E-state index >= 15 is 0 Å². The van der Waals surface area contributed by atoms with Crippen molar-refractivity contribution in [3.63, 3.8) is 0 Å². The Bertz CT molecular complexity index is 819. The maximum absolute atomic E-state index is 12.3. The summed E-state index contributed by atoms with van der Waals surface area (Å²) < 4.78 is 5.01. The summed E-state index contributed by atoms with van der Waals surface area (Å²) in [7, 11) is 0. The fourth-order valence-corrected chi connectivity index (χ4v) is 4.01. The predicted molar refractivity (Wildman–Crippen MR) is 107 cm³/mol. The Morgan fingerprint density at radius 2 is 2.04 bits per heavy atom. The van der Waals surface area contributed by atoms with Gasteiger partial charge in [0.2, 0.25) is 5.91 Å². The van der Waals surface area contributed by atoms with E-state index in [2.05, 4.69) is 23.3 Å². The molecule has 3 rings (SSSR count). The van der Waals surface area contributed by atoms with Crippen LogP contribution in [0.2, 0.25) is 0 Å². The first kappa shape index (κ1) is 19.5. The molecule has 6 nitrogen and oxygen atoms in total. The van der Waals surface area contributed by atoms with Crippen molar-refractivity contribution in [2.75, 3.05) is 25.4 Å². The maximum Gasteiger partial charge on any atom is 0.409 e. The molecule has 2 aromatic rings. The fraction of sp³-hybridized carbons (Fsp3) is 0.450. The van der Waals surface area contributed by atoms with E-state index in [4.69, 9.17) is 4.74 Å². The molecule has 0 saturated carbocycles. The second kappa shape index (κ2) is 9.08. The highest BCUT2D eigenvalue weighted by Crippen LogP contribution is 2.23. The minimum Gasteiger partial charge on any atom is -0.450 e. The lowest BCUT2D eigenvalue weighted by molar-refractivity contribution is -0.119. The van der Waals surface area contributed by atoms with Crippen molar-refractivity contribution in [3.8, 4) is 0 Å². The number of hydrogen-bond donors (Lipinski definition) is 1. The van der Waals surface area contributed by atoms with Gasteiger partial charge in [-0.2, -0.15) is 0 Å². The number of thioether (sulfide) groups is 1. The van der Waals surface area contributed by atoms with Gasteiger partial charge in [-0.15, -0.1) is 0 Å². The molecule has 1 aliphatic rings. The van der Waals surface area contributed by atoms with Gasteiger partial charge in [0.1, 0.15) is 0 Å². The van der Waals surface area contributed by atoms with Crippen molar-refractivity contribution < 1.29 is 14.3 Å². The minimum absolute atomic E-state index is 0.00203. The van der Waals surface area contributed by atoms with Gasteiger partial charge in [-0.25, -0.2) is 9.78 Å². The van der Waals surface area contributed by atoms with Crippen LogP contribution in [0.3, 0.4) is 0 Å². The van der Waals surface area contributed by atoms with Crippen LogP contribution in [0.4, 0.5) is 4.79 Å². The number of carbonyl (C=O) groups excluding carboxylic acids is 2. The van der Waals surface area contributed by atoms with Crippen LogP contribution < -0.4 is 5.32 Å². The van der Waals surface area contributed by atoms with E-state index in [9.17, 15) is 9.59 Å². The van der Waals surface area contributed by atoms with Crippen LogP contribution in [-0.2, 0) is 9.53 Å². The van der Waals surface area contributed by atoms with Gasteiger partial charge in [0, 0.05) is 24.5 Å². The van der Waals surface area contributed by atoms with E-state index in [1.54, 1.807) is 11.8 Å². The summed E-state index contributed by atoms with van der Waals surface area (Å²) in [4.78, 5) is 30.3. The first-order valence-electron chi connectivity index (χ1n) is 9.27. The van der Waals surface area contributed by atoms with Gasteiger partial charge in [-0.05, 0) is 44.4 Å². The van der Waals surface area contributed by atoms with E-state index < -0.39 is 0 Å². The second-order valence-electron chi connectivity index (χ2n) is 6.61. The Hall–Kier alpha value is -2.28. The molecule has 1 fully saturated rings. The van der Waals surface area contributed by atoms with E-state index in [1.807, 2.05) is 24.3 Å². The molecule has 27 heavy (non-hydrogen) atoms. The molecule has 1 aliphatic heterocycles. The third kappa shape index (κ3) is 5.13. The second-order valence-corrected chi connectivity index (χ2v) is 7.61. The zero-order valence-electron chi connectivity index (χ0n) is 15.7. The van der Waals surface area contributed by atoms with Crippen molar-refractivity contribution in [1.29, 1.82) is 0 Å². The van der Waals surface area contributed by atoms with Gasteiger partial charge in [-0.3, -0.25) is 4.79 Å². The lowest BCUT2D eigenvalue weighted by atomic mass is 10.1. The van der Waals surface area contributed by atoms with Gasteiger partial charge in [-0.1, -0.05) is 30.0 Å². The Balaban J connectivity index is 1.47. The van der Waals surface area contributed by atoms with Crippen molar-refractivity contribution in [2.45, 2.75) is 37.8 Å². The fourth-order valence-electron chi connectivity index (χ4n) is 3.22. The average molecular weight is 388 g/mol. The largest absolute Gasteiger partial charge is 0.450 e. The highest BCUT2D eigenvalue weighted by molar-refractivity contribution is 7.99. The normalized spacial score (nSPS) is 15.0. The minimum atomic E-state index is -0.268. The van der Waals surface area contributed by atoms with E-state index in [-0.39, 0.29) is 18.0 Å². The first-order valence-corrected chi connectivity index (χ1v) is 10.3. The van der Waals surface area contributed by atoms with E-state index in [1.165, 1.54) is 11.8 Å². The topological polar surface area (TPSA) is 71.5 Å². The van der Waals surface area contributed by atoms with Crippen molar-refractivity contribution in [3.05, 3.63) is 35.9 Å². The zero-order valence-corrected chi connectivity index (χ0v) is 16.6. The standard InChI is InChI=1S/C20H25N3O3S/c1-3-26-20(25)23-10-8-15(9-11-23)21-18(24)13-27-19-12-14(2)16-6-4-5-7-17(16)22-19/h4-7,12,15H,3,8-11,13H2,1-2H3,(H,21,24). The molecule has 0 spiro atoms. The number of para-hydroxylation sites is 1. The first-order chi connectivity index (χ1) is 13.1. The molecule has 0 radical (unpaired) electrons. The summed E-state index contributed by atoms with van der Waals surface area (Å²) in [6, 6.07) is 10.2. The van der Waals surface area contributed by atoms with Crippen molar-refractivity contribution in [2.24, 2.45) is 0 Å². The van der Waals surface area contributed by atoms with Gasteiger partial charge >= 0.3 is 6.09 Å². The van der Waals surface area contributed by atoms with Gasteiger partial charge in [0.25, 0.3) is 0 Å². The van der Waals surface area contributed by atoms with E-state index in [0.717, 1.165) is 34.3 Å². The summed E-state index contributed by atoms with van der Waals surface area (Å²) in [5.41, 5.74) is 2.11. The number of aromatic nitrogens is 1. The number of carbonyl (C=O) groups is 2. The number of fused-ring (bicyclic) bond motifs is 1. The number of piperidine rings is 1. The quantitative estimate of drug-likeness (QED) is 0.797. The molecular formula is C20H25N3O3S. The van der Waals surface area contributed by atoms with Crippen molar-refractivity contribution >= 4 is 34.7 Å². The van der Waals surface area contributed by atoms with Crippen LogP contribution in [-0.4, -0.2) is 53.4 Å². The third-order valence-electron chi connectivity index (χ3n) is 4.64. The summed E-state index contributed by atoms with van der Waals surface area (Å²) >= 11 is 1.45. The Kier molecular flexibility index (Phi) is 6.55. The number of pyridine rings is 1. The predicted octanol–water partition coefficient (Wildman–Crippen LogP) is 3.37. The molecule has 2 heterocycles. The molecule has 1 aromatic heterocycles. The number of hydrogen-bond acceptors (Lipinski definition) is 5. The highest BCUT2D eigenvalue weighted by Gasteiger charge is 2.24. The van der Waals surface area contributed by atoms with Gasteiger partial charge in [0.05, 0.1) is 22.9 Å². The molecule has 1 aromatic carbocycles. The molecule has 1 saturated heterocycles. The van der Waals surface area contributed by atoms with Crippen LogP contribution in [0.15, 0.2) is 35.4 Å². The van der Waals surface area contributed by atoms with Crippen LogP contribution in [0.1, 0.15) is 25.3 Å². The monoisotopic (exact) mass is 387 g/mol. The maximum atomic E-state index is 12.3. The smallest absolute Gasteiger partial charge is 0.409 e. The zero-order chi connectivity index (χ0) is 19.2. The number of rotatable bonds is 5. The van der Waals surface area contributed by atoms with Crippen LogP contribution in [0, 0.1) is 6.92 Å². The number of nitrogens with one attached hydrogen (secondary N) is 1. The van der Waals surface area contributed by atoms with Crippen LogP contribution in [0.25, 0.3) is 10.9 Å². The summed E-state index contributed by atoms with van der Waals surface area (Å²) in [6.45, 7) is 5.47. The lowest BCUT2D eigenvalue weighted by Gasteiger charge is -2.31. The molecule has 0 bridgehead atoms. The number of nitrogens with zero attached hydrogens (tertiary/aromatic N) is 2. The number of ether oxygens (including phenoxy) is 1. The summed E-state index contributed by atoms with van der Waals surface area (Å²) in [5.74, 6) is 0.338. The Morgan fingerprint density at radius 3 is 2.78 bits per heavy atom. The lowest BCUT2D eigenvalue weighted by Crippen LogP contribution is -2.47. The molecule has 0 aliphatic carbocycles. The van der Waals surface area contributed by atoms with E-state index in [0.29, 0.717) is 25.4 Å². The highest BCUT2D eigenvalue weighted by atomic mass is 32.2. The average Bonchev–Trinajstić information content (AvgIpc) is 2.67. The van der Waals surface area contributed by atoms with Crippen molar-refractivity contribution in [1.82, 2.24) is 15.2 Å². The molecule has 0 atom stereocenters. The summed E-state index contributed by atoms with van der Waals surface area (Å²) in [5, 5.41) is 5.06. The molecule has 2 amide bonds. The van der Waals surface area contributed by atoms with Gasteiger partial charge < -0.3 is 15.0 Å². The van der Waals surface area contributed by atoms with Gasteiger partial charge in [0.15, 0.2) is 0 Å². The summed E-state index contributed by atoms with van der Waals surface area (Å²) in [6.07, 6.45) is 1.24.